The zero-order valence-corrected chi connectivity index (χ0v) is 13.3. The Morgan fingerprint density at radius 3 is 2.89 bits per heavy atom. The molecule has 2 unspecified atom stereocenters. The van der Waals surface area contributed by atoms with E-state index in [1.807, 2.05) is 11.8 Å². The second-order valence-corrected chi connectivity index (χ2v) is 7.98. The van der Waals surface area contributed by atoms with Crippen molar-refractivity contribution in [1.82, 2.24) is 5.32 Å². The minimum absolute atomic E-state index is 0.162. The van der Waals surface area contributed by atoms with E-state index in [-0.39, 0.29) is 5.60 Å². The van der Waals surface area contributed by atoms with Crippen molar-refractivity contribution in [1.29, 1.82) is 0 Å². The number of methoxy groups -OCH3 is 1. The van der Waals surface area contributed by atoms with E-state index in [4.69, 9.17) is 9.47 Å². The Bertz CT molecular complexity index is 333. The number of thioether (sulfide) groups is 1. The molecule has 1 N–H and O–H groups in total. The van der Waals surface area contributed by atoms with E-state index in [2.05, 4.69) is 31.1 Å². The third kappa shape index (κ3) is 4.36. The number of nitrogens with one attached hydrogen (secondary N) is 1. The molecule has 0 aliphatic carbocycles. The summed E-state index contributed by atoms with van der Waals surface area (Å²) in [5.74, 6) is 0. The van der Waals surface area contributed by atoms with Crippen molar-refractivity contribution in [3.8, 4) is 0 Å². The summed E-state index contributed by atoms with van der Waals surface area (Å²) in [5.41, 5.74) is 0.209. The van der Waals surface area contributed by atoms with E-state index >= 15 is 0 Å². The molecule has 0 spiro atoms. The van der Waals surface area contributed by atoms with Crippen molar-refractivity contribution in [3.63, 3.8) is 0 Å². The number of hydrogen-bond donors (Lipinski definition) is 1. The van der Waals surface area contributed by atoms with Crippen molar-refractivity contribution in [2.75, 3.05) is 33.4 Å². The number of ether oxygens (including phenoxy) is 2. The summed E-state index contributed by atoms with van der Waals surface area (Å²) in [6.07, 6.45) is 2.16. The second kappa shape index (κ2) is 6.02. The molecule has 0 aromatic rings. The largest absolute Gasteiger partial charge is 0.378 e. The van der Waals surface area contributed by atoms with Gasteiger partial charge in [-0.25, -0.2) is 0 Å². The van der Waals surface area contributed by atoms with Crippen LogP contribution in [0.1, 0.15) is 33.6 Å². The molecule has 110 valence electrons. The Morgan fingerprint density at radius 1 is 1.53 bits per heavy atom. The van der Waals surface area contributed by atoms with E-state index < -0.39 is 0 Å². The van der Waals surface area contributed by atoms with Crippen LogP contribution in [0.4, 0.5) is 0 Å². The lowest BCUT2D eigenvalue weighted by molar-refractivity contribution is -0.0125. The van der Waals surface area contributed by atoms with Gasteiger partial charge >= 0.3 is 0 Å². The highest BCUT2D eigenvalue weighted by atomic mass is 32.2. The van der Waals surface area contributed by atoms with Gasteiger partial charge in [-0.05, 0) is 11.8 Å². The van der Waals surface area contributed by atoms with Crippen LogP contribution in [0.5, 0.6) is 0 Å². The van der Waals surface area contributed by atoms with Gasteiger partial charge < -0.3 is 14.8 Å². The van der Waals surface area contributed by atoms with Crippen LogP contribution in [0.2, 0.25) is 0 Å². The first-order valence-corrected chi connectivity index (χ1v) is 7.88. The number of rotatable bonds is 4. The summed E-state index contributed by atoms with van der Waals surface area (Å²) in [6.45, 7) is 10.1. The maximum atomic E-state index is 5.61. The van der Waals surface area contributed by atoms with E-state index in [0.717, 1.165) is 31.3 Å². The van der Waals surface area contributed by atoms with Crippen LogP contribution in [-0.4, -0.2) is 49.4 Å². The van der Waals surface area contributed by atoms with Crippen molar-refractivity contribution >= 4 is 16.9 Å². The highest BCUT2D eigenvalue weighted by Gasteiger charge is 2.35. The standard InChI is InChI=1S/C14H26N2O2S/c1-13(2,3)7-11-8-15-12(19-11)16-9-14(17-4)5-6-18-10-14/h11H,5-10H2,1-4H3,(H,15,16). The average molecular weight is 286 g/mol. The lowest BCUT2D eigenvalue weighted by atomic mass is 9.90. The van der Waals surface area contributed by atoms with Gasteiger partial charge in [0.15, 0.2) is 5.17 Å². The van der Waals surface area contributed by atoms with Gasteiger partial charge in [0.25, 0.3) is 0 Å². The fourth-order valence-electron chi connectivity index (χ4n) is 2.50. The summed E-state index contributed by atoms with van der Waals surface area (Å²) < 4.78 is 11.1. The van der Waals surface area contributed by atoms with Crippen molar-refractivity contribution in [2.24, 2.45) is 10.4 Å². The maximum Gasteiger partial charge on any atom is 0.157 e. The van der Waals surface area contributed by atoms with Crippen LogP contribution in [0.15, 0.2) is 4.99 Å². The molecule has 2 aliphatic heterocycles. The molecule has 2 rings (SSSR count). The molecule has 0 aromatic carbocycles. The van der Waals surface area contributed by atoms with E-state index in [9.17, 15) is 0 Å². The molecule has 1 saturated heterocycles. The summed E-state index contributed by atoms with van der Waals surface area (Å²) in [6, 6.07) is 0. The number of amidine groups is 1. The normalized spacial score (nSPS) is 31.6. The molecular weight excluding hydrogens is 260 g/mol. The third-order valence-corrected chi connectivity index (χ3v) is 4.76. The van der Waals surface area contributed by atoms with Crippen molar-refractivity contribution in [3.05, 3.63) is 0 Å². The number of hydrogen-bond acceptors (Lipinski definition) is 5. The Hall–Kier alpha value is -0.260. The van der Waals surface area contributed by atoms with Gasteiger partial charge in [-0.3, -0.25) is 4.99 Å². The first-order valence-electron chi connectivity index (χ1n) is 7.00. The van der Waals surface area contributed by atoms with Crippen molar-refractivity contribution in [2.45, 2.75) is 44.5 Å². The first-order chi connectivity index (χ1) is 8.92. The SMILES string of the molecule is COC1(CNC2=NCC(CC(C)(C)C)S2)CCOC1. The zero-order valence-electron chi connectivity index (χ0n) is 12.5. The third-order valence-electron chi connectivity index (χ3n) is 3.62. The first kappa shape index (κ1) is 15.1. The van der Waals surface area contributed by atoms with Gasteiger partial charge in [-0.2, -0.15) is 0 Å². The fourth-order valence-corrected chi connectivity index (χ4v) is 3.85. The Morgan fingerprint density at radius 2 is 2.32 bits per heavy atom. The van der Waals surface area contributed by atoms with E-state index in [1.54, 1.807) is 7.11 Å². The van der Waals surface area contributed by atoms with Gasteiger partial charge in [0.2, 0.25) is 0 Å². The summed E-state index contributed by atoms with van der Waals surface area (Å²) in [7, 11) is 1.77. The lowest BCUT2D eigenvalue weighted by Crippen LogP contribution is -2.44. The Labute approximate surface area is 120 Å². The monoisotopic (exact) mass is 286 g/mol. The maximum absolute atomic E-state index is 5.61. The highest BCUT2D eigenvalue weighted by Crippen LogP contribution is 2.31. The smallest absolute Gasteiger partial charge is 0.157 e. The summed E-state index contributed by atoms with van der Waals surface area (Å²) in [5, 5.41) is 5.12. The molecule has 0 radical (unpaired) electrons. The lowest BCUT2D eigenvalue weighted by Gasteiger charge is -2.26. The summed E-state index contributed by atoms with van der Waals surface area (Å²) in [4.78, 5) is 4.60. The van der Waals surface area contributed by atoms with Gasteiger partial charge in [0.1, 0.15) is 5.60 Å². The highest BCUT2D eigenvalue weighted by molar-refractivity contribution is 8.14. The Balaban J connectivity index is 1.76. The van der Waals surface area contributed by atoms with Crippen LogP contribution in [-0.2, 0) is 9.47 Å². The molecule has 0 amide bonds. The quantitative estimate of drug-likeness (QED) is 0.861. The molecule has 5 heteroatoms. The minimum atomic E-state index is -0.162. The number of nitrogens with zero attached hydrogens (tertiary/aromatic N) is 1. The molecular formula is C14H26N2O2S. The van der Waals surface area contributed by atoms with Crippen LogP contribution < -0.4 is 5.32 Å². The minimum Gasteiger partial charge on any atom is -0.378 e. The van der Waals surface area contributed by atoms with Gasteiger partial charge in [0.05, 0.1) is 13.2 Å². The predicted molar refractivity (Wildman–Crippen MR) is 80.9 cm³/mol. The average Bonchev–Trinajstić information content (AvgIpc) is 2.94. The fraction of sp³-hybridized carbons (Fsp3) is 0.929. The zero-order chi connectivity index (χ0) is 13.9. The molecule has 2 aliphatic rings. The van der Waals surface area contributed by atoms with Crippen LogP contribution in [0.25, 0.3) is 0 Å². The van der Waals surface area contributed by atoms with Gasteiger partial charge in [0, 0.05) is 31.9 Å². The number of aliphatic imine (C=N–C) groups is 1. The Kier molecular flexibility index (Phi) is 4.79. The second-order valence-electron chi connectivity index (χ2n) is 6.69. The molecule has 4 nitrogen and oxygen atoms in total. The molecule has 19 heavy (non-hydrogen) atoms. The molecule has 0 saturated carbocycles. The van der Waals surface area contributed by atoms with E-state index in [0.29, 0.717) is 17.3 Å². The topological polar surface area (TPSA) is 42.8 Å². The van der Waals surface area contributed by atoms with Crippen LogP contribution in [0, 0.1) is 5.41 Å². The molecule has 0 aromatic heterocycles. The molecule has 2 atom stereocenters. The van der Waals surface area contributed by atoms with Gasteiger partial charge in [-0.15, -0.1) is 0 Å². The predicted octanol–water partition coefficient (Wildman–Crippen LogP) is 2.29. The molecule has 2 heterocycles. The van der Waals surface area contributed by atoms with Crippen LogP contribution >= 0.6 is 11.8 Å². The van der Waals surface area contributed by atoms with Crippen molar-refractivity contribution < 1.29 is 9.47 Å². The molecule has 1 fully saturated rings. The summed E-state index contributed by atoms with van der Waals surface area (Å²) >= 11 is 1.87. The molecule has 0 bridgehead atoms. The van der Waals surface area contributed by atoms with Gasteiger partial charge in [-0.1, -0.05) is 32.5 Å². The van der Waals surface area contributed by atoms with E-state index in [1.165, 1.54) is 6.42 Å². The van der Waals surface area contributed by atoms with Crippen LogP contribution in [0.3, 0.4) is 0 Å².